The Labute approximate surface area is 106 Å². The van der Waals surface area contributed by atoms with Crippen molar-refractivity contribution < 1.29 is 9.59 Å². The standard InChI is InChI=1S/C13H17N3O2/c1-9-4-6-16(7-5-9)13(18)11-3-2-10(8-15-11)12(14)17/h2-3,8-9H,4-7H2,1H3,(H2,14,17). The monoisotopic (exact) mass is 247 g/mol. The molecule has 5 nitrogen and oxygen atoms in total. The van der Waals surface area contributed by atoms with Crippen molar-refractivity contribution in [2.75, 3.05) is 13.1 Å². The van der Waals surface area contributed by atoms with Gasteiger partial charge in [0.1, 0.15) is 5.69 Å². The second-order valence-corrected chi connectivity index (χ2v) is 4.77. The summed E-state index contributed by atoms with van der Waals surface area (Å²) in [6, 6.07) is 3.09. The fourth-order valence-corrected chi connectivity index (χ4v) is 2.04. The second-order valence-electron chi connectivity index (χ2n) is 4.77. The first-order chi connectivity index (χ1) is 8.58. The molecule has 1 aromatic rings. The molecule has 0 radical (unpaired) electrons. The highest BCUT2D eigenvalue weighted by molar-refractivity contribution is 5.95. The largest absolute Gasteiger partial charge is 0.366 e. The van der Waals surface area contributed by atoms with Crippen molar-refractivity contribution in [2.45, 2.75) is 19.8 Å². The molecule has 2 amide bonds. The molecule has 1 aliphatic rings. The Kier molecular flexibility index (Phi) is 3.60. The molecule has 1 aliphatic heterocycles. The van der Waals surface area contributed by atoms with Crippen LogP contribution in [0.5, 0.6) is 0 Å². The molecule has 0 saturated carbocycles. The van der Waals surface area contributed by atoms with Gasteiger partial charge in [-0.15, -0.1) is 0 Å². The number of primary amides is 1. The van der Waals surface area contributed by atoms with Crippen molar-refractivity contribution in [3.63, 3.8) is 0 Å². The minimum Gasteiger partial charge on any atom is -0.366 e. The number of aromatic nitrogens is 1. The molecule has 0 aliphatic carbocycles. The average molecular weight is 247 g/mol. The highest BCUT2D eigenvalue weighted by Crippen LogP contribution is 2.17. The third-order valence-corrected chi connectivity index (χ3v) is 3.34. The molecule has 0 atom stereocenters. The van der Waals surface area contributed by atoms with Crippen LogP contribution in [0.2, 0.25) is 0 Å². The fraction of sp³-hybridized carbons (Fsp3) is 0.462. The highest BCUT2D eigenvalue weighted by Gasteiger charge is 2.22. The molecular formula is C13H17N3O2. The fourth-order valence-electron chi connectivity index (χ4n) is 2.04. The molecule has 18 heavy (non-hydrogen) atoms. The van der Waals surface area contributed by atoms with Gasteiger partial charge in [0, 0.05) is 19.3 Å². The van der Waals surface area contributed by atoms with Gasteiger partial charge < -0.3 is 10.6 Å². The molecule has 0 aromatic carbocycles. The average Bonchev–Trinajstić information content (AvgIpc) is 2.39. The number of rotatable bonds is 2. The van der Waals surface area contributed by atoms with Crippen LogP contribution in [0.3, 0.4) is 0 Å². The minimum absolute atomic E-state index is 0.0714. The summed E-state index contributed by atoms with van der Waals surface area (Å²) in [5, 5.41) is 0. The summed E-state index contributed by atoms with van der Waals surface area (Å²) in [4.78, 5) is 28.9. The molecule has 1 saturated heterocycles. The summed E-state index contributed by atoms with van der Waals surface area (Å²) in [5.74, 6) is 0.0745. The first kappa shape index (κ1) is 12.5. The number of nitrogens with zero attached hydrogens (tertiary/aromatic N) is 2. The molecule has 2 rings (SSSR count). The number of piperidine rings is 1. The van der Waals surface area contributed by atoms with Crippen LogP contribution in [0.4, 0.5) is 0 Å². The van der Waals surface area contributed by atoms with Crippen molar-refractivity contribution in [1.82, 2.24) is 9.88 Å². The number of carbonyl (C=O) groups is 2. The zero-order valence-corrected chi connectivity index (χ0v) is 10.4. The van der Waals surface area contributed by atoms with Crippen LogP contribution in [-0.2, 0) is 0 Å². The molecule has 2 N–H and O–H groups in total. The van der Waals surface area contributed by atoms with Gasteiger partial charge in [0.2, 0.25) is 5.91 Å². The maximum atomic E-state index is 12.1. The SMILES string of the molecule is CC1CCN(C(=O)c2ccc(C(N)=O)cn2)CC1. The molecule has 0 spiro atoms. The van der Waals surface area contributed by atoms with Gasteiger partial charge in [-0.1, -0.05) is 6.92 Å². The van der Waals surface area contributed by atoms with E-state index in [0.29, 0.717) is 17.2 Å². The normalized spacial score (nSPS) is 16.6. The van der Waals surface area contributed by atoms with E-state index in [1.54, 1.807) is 6.07 Å². The van der Waals surface area contributed by atoms with Gasteiger partial charge in [-0.05, 0) is 30.9 Å². The van der Waals surface area contributed by atoms with E-state index in [4.69, 9.17) is 5.73 Å². The number of nitrogens with two attached hydrogens (primary N) is 1. The number of hydrogen-bond donors (Lipinski definition) is 1. The third kappa shape index (κ3) is 2.67. The van der Waals surface area contributed by atoms with Crippen LogP contribution in [0.15, 0.2) is 18.3 Å². The zero-order chi connectivity index (χ0) is 13.1. The van der Waals surface area contributed by atoms with Gasteiger partial charge in [0.05, 0.1) is 5.56 Å². The van der Waals surface area contributed by atoms with E-state index in [1.165, 1.54) is 12.3 Å². The number of carbonyl (C=O) groups excluding carboxylic acids is 2. The Morgan fingerprint density at radius 1 is 1.33 bits per heavy atom. The number of amides is 2. The summed E-state index contributed by atoms with van der Waals surface area (Å²) in [7, 11) is 0. The quantitative estimate of drug-likeness (QED) is 0.848. The lowest BCUT2D eigenvalue weighted by Crippen LogP contribution is -2.38. The van der Waals surface area contributed by atoms with Crippen molar-refractivity contribution in [3.8, 4) is 0 Å². The zero-order valence-electron chi connectivity index (χ0n) is 10.4. The smallest absolute Gasteiger partial charge is 0.272 e. The summed E-state index contributed by atoms with van der Waals surface area (Å²) in [6.07, 6.45) is 3.42. The van der Waals surface area contributed by atoms with Crippen LogP contribution in [0.1, 0.15) is 40.6 Å². The Hall–Kier alpha value is -1.91. The summed E-state index contributed by atoms with van der Waals surface area (Å²) < 4.78 is 0. The maximum absolute atomic E-state index is 12.1. The predicted octanol–water partition coefficient (Wildman–Crippen LogP) is 1.05. The van der Waals surface area contributed by atoms with Gasteiger partial charge in [-0.25, -0.2) is 0 Å². The van der Waals surface area contributed by atoms with E-state index in [0.717, 1.165) is 25.9 Å². The second kappa shape index (κ2) is 5.16. The minimum atomic E-state index is -0.534. The lowest BCUT2D eigenvalue weighted by Gasteiger charge is -2.30. The topological polar surface area (TPSA) is 76.3 Å². The molecule has 1 fully saturated rings. The number of pyridine rings is 1. The van der Waals surface area contributed by atoms with Crippen LogP contribution < -0.4 is 5.73 Å². The summed E-state index contributed by atoms with van der Waals surface area (Å²) in [6.45, 7) is 3.75. The van der Waals surface area contributed by atoms with Gasteiger partial charge in [0.15, 0.2) is 0 Å². The van der Waals surface area contributed by atoms with E-state index < -0.39 is 5.91 Å². The number of hydrogen-bond acceptors (Lipinski definition) is 3. The van der Waals surface area contributed by atoms with E-state index >= 15 is 0 Å². The Balaban J connectivity index is 2.07. The number of likely N-dealkylation sites (tertiary alicyclic amines) is 1. The van der Waals surface area contributed by atoms with E-state index in [-0.39, 0.29) is 5.91 Å². The van der Waals surface area contributed by atoms with Gasteiger partial charge in [-0.3, -0.25) is 14.6 Å². The van der Waals surface area contributed by atoms with E-state index in [1.807, 2.05) is 4.90 Å². The van der Waals surface area contributed by atoms with Crippen molar-refractivity contribution >= 4 is 11.8 Å². The lowest BCUT2D eigenvalue weighted by molar-refractivity contribution is 0.0690. The van der Waals surface area contributed by atoms with Crippen molar-refractivity contribution in [1.29, 1.82) is 0 Å². The maximum Gasteiger partial charge on any atom is 0.272 e. The Bertz CT molecular complexity index is 448. The van der Waals surface area contributed by atoms with E-state index in [9.17, 15) is 9.59 Å². The first-order valence-corrected chi connectivity index (χ1v) is 6.13. The molecule has 96 valence electrons. The molecule has 1 aromatic heterocycles. The van der Waals surface area contributed by atoms with Gasteiger partial charge >= 0.3 is 0 Å². The van der Waals surface area contributed by atoms with Crippen LogP contribution in [-0.4, -0.2) is 34.8 Å². The van der Waals surface area contributed by atoms with Gasteiger partial charge in [0.25, 0.3) is 5.91 Å². The van der Waals surface area contributed by atoms with Gasteiger partial charge in [-0.2, -0.15) is 0 Å². The molecule has 0 unspecified atom stereocenters. The summed E-state index contributed by atoms with van der Waals surface area (Å²) in [5.41, 5.74) is 5.81. The highest BCUT2D eigenvalue weighted by atomic mass is 16.2. The predicted molar refractivity (Wildman–Crippen MR) is 67.1 cm³/mol. The molecular weight excluding hydrogens is 230 g/mol. The molecule has 5 heteroatoms. The molecule has 2 heterocycles. The van der Waals surface area contributed by atoms with Crippen molar-refractivity contribution in [3.05, 3.63) is 29.6 Å². The first-order valence-electron chi connectivity index (χ1n) is 6.13. The van der Waals surface area contributed by atoms with Crippen molar-refractivity contribution in [2.24, 2.45) is 11.7 Å². The summed E-state index contributed by atoms with van der Waals surface area (Å²) >= 11 is 0. The third-order valence-electron chi connectivity index (χ3n) is 3.34. The van der Waals surface area contributed by atoms with Crippen LogP contribution in [0.25, 0.3) is 0 Å². The Morgan fingerprint density at radius 3 is 2.50 bits per heavy atom. The lowest BCUT2D eigenvalue weighted by atomic mass is 9.99. The van der Waals surface area contributed by atoms with E-state index in [2.05, 4.69) is 11.9 Å². The van der Waals surface area contributed by atoms with Crippen LogP contribution in [0, 0.1) is 5.92 Å². The Morgan fingerprint density at radius 2 is 2.00 bits per heavy atom. The van der Waals surface area contributed by atoms with Crippen LogP contribution >= 0.6 is 0 Å². The molecule has 0 bridgehead atoms.